The number of amides is 2. The van der Waals surface area contributed by atoms with E-state index in [9.17, 15) is 37.1 Å². The number of pyridine rings is 1. The molecular formula is C38H41F4N5O7. The second-order valence-electron chi connectivity index (χ2n) is 13.5. The van der Waals surface area contributed by atoms with Gasteiger partial charge in [0, 0.05) is 41.7 Å². The van der Waals surface area contributed by atoms with Crippen LogP contribution in [0.2, 0.25) is 0 Å². The Bertz CT molecular complexity index is 2060. The van der Waals surface area contributed by atoms with Crippen LogP contribution in [0, 0.1) is 18.7 Å². The molecule has 2 amide bonds. The smallest absolute Gasteiger partial charge is 0.481 e. The molecule has 12 nitrogen and oxygen atoms in total. The summed E-state index contributed by atoms with van der Waals surface area (Å²) in [6, 6.07) is 14.8. The molecule has 0 fully saturated rings. The number of carboxylic acids is 2. The third-order valence-corrected chi connectivity index (χ3v) is 8.85. The molecular weight excluding hydrogens is 714 g/mol. The zero-order valence-electron chi connectivity index (χ0n) is 30.1. The Morgan fingerprint density at radius 2 is 1.76 bits per heavy atom. The lowest BCUT2D eigenvalue weighted by molar-refractivity contribution is -0.192. The minimum Gasteiger partial charge on any atom is -0.481 e. The van der Waals surface area contributed by atoms with Crippen molar-refractivity contribution in [2.75, 3.05) is 30.0 Å². The van der Waals surface area contributed by atoms with Crippen molar-refractivity contribution < 1.29 is 51.7 Å². The van der Waals surface area contributed by atoms with Gasteiger partial charge in [0.05, 0.1) is 18.7 Å². The van der Waals surface area contributed by atoms with E-state index in [0.717, 1.165) is 17.3 Å². The lowest BCUT2D eigenvalue weighted by Crippen LogP contribution is -2.35. The molecule has 6 N–H and O–H groups in total. The van der Waals surface area contributed by atoms with Crippen LogP contribution in [0.1, 0.15) is 72.9 Å². The standard InChI is InChI=1S/C36H40FN5O5.C2HF3O2/c1-19(2)12-30(35(44)45)27-10-7-24-14-23(27)17-42(5)34(43)32(40-25-8-11-28-29(15-25)31(37)16-39-33(28)38)22-6-9-26(20(3)13-22)21(4)18-47-36(46)41-24;3-2(4,5)1(6)7/h6-11,13-16,19,21,30,32,40H,12,17-18H2,1-5H3,(H2,38,39)(H,41,46)(H,44,45);(H,6,7)/t21-,30+,32+;/m0./s1. The number of nitrogens with two attached hydrogens (primary N) is 1. The Balaban J connectivity index is 0.000000845. The highest BCUT2D eigenvalue weighted by molar-refractivity contribution is 5.94. The average molecular weight is 756 g/mol. The van der Waals surface area contributed by atoms with Gasteiger partial charge in [-0.05, 0) is 77.4 Å². The molecule has 4 aromatic rings. The Morgan fingerprint density at radius 1 is 1.07 bits per heavy atom. The van der Waals surface area contributed by atoms with E-state index in [0.29, 0.717) is 39.9 Å². The van der Waals surface area contributed by atoms with Gasteiger partial charge in [0.25, 0.3) is 0 Å². The van der Waals surface area contributed by atoms with Crippen LogP contribution in [-0.4, -0.2) is 63.9 Å². The monoisotopic (exact) mass is 755 g/mol. The van der Waals surface area contributed by atoms with Gasteiger partial charge in [0.1, 0.15) is 17.7 Å². The normalized spacial score (nSPS) is 17.0. The predicted octanol–water partition coefficient (Wildman–Crippen LogP) is 7.59. The number of benzene rings is 3. The van der Waals surface area contributed by atoms with E-state index in [2.05, 4.69) is 15.6 Å². The summed E-state index contributed by atoms with van der Waals surface area (Å²) in [6.07, 6.45) is -4.26. The number of halogens is 4. The molecule has 4 bridgehead atoms. The van der Waals surface area contributed by atoms with E-state index in [4.69, 9.17) is 20.4 Å². The second-order valence-corrected chi connectivity index (χ2v) is 13.5. The third-order valence-electron chi connectivity index (χ3n) is 8.85. The summed E-state index contributed by atoms with van der Waals surface area (Å²) in [5.74, 6) is -5.23. The van der Waals surface area contributed by atoms with Gasteiger partial charge in [-0.3, -0.25) is 14.9 Å². The molecule has 3 heterocycles. The van der Waals surface area contributed by atoms with Crippen LogP contribution in [-0.2, 0) is 25.7 Å². The molecule has 16 heteroatoms. The van der Waals surface area contributed by atoms with E-state index in [1.165, 1.54) is 4.90 Å². The summed E-state index contributed by atoms with van der Waals surface area (Å²) in [5.41, 5.74) is 10.6. The van der Waals surface area contributed by atoms with E-state index in [-0.39, 0.29) is 42.1 Å². The van der Waals surface area contributed by atoms with Crippen molar-refractivity contribution in [3.8, 4) is 0 Å². The van der Waals surface area contributed by atoms with Crippen molar-refractivity contribution in [3.05, 3.63) is 94.4 Å². The number of carbonyl (C=O) groups is 4. The maximum Gasteiger partial charge on any atom is 0.490 e. The summed E-state index contributed by atoms with van der Waals surface area (Å²) >= 11 is 0. The van der Waals surface area contributed by atoms with Crippen LogP contribution in [0.15, 0.2) is 60.8 Å². The number of hydrogen-bond acceptors (Lipinski definition) is 8. The van der Waals surface area contributed by atoms with Gasteiger partial charge >= 0.3 is 24.2 Å². The van der Waals surface area contributed by atoms with Gasteiger partial charge in [-0.2, -0.15) is 13.2 Å². The Labute approximate surface area is 308 Å². The number of nitrogen functional groups attached to an aromatic ring is 1. The molecule has 54 heavy (non-hydrogen) atoms. The first-order valence-electron chi connectivity index (χ1n) is 16.8. The number of nitrogens with one attached hydrogen (secondary N) is 2. The lowest BCUT2D eigenvalue weighted by atomic mass is 9.87. The molecule has 0 saturated heterocycles. The van der Waals surface area contributed by atoms with E-state index in [1.54, 1.807) is 43.4 Å². The van der Waals surface area contributed by atoms with Gasteiger partial charge in [-0.15, -0.1) is 0 Å². The van der Waals surface area contributed by atoms with Gasteiger partial charge in [-0.1, -0.05) is 45.0 Å². The molecule has 3 atom stereocenters. The first-order valence-corrected chi connectivity index (χ1v) is 16.8. The van der Waals surface area contributed by atoms with Crippen molar-refractivity contribution in [1.29, 1.82) is 0 Å². The number of aromatic nitrogens is 1. The molecule has 0 unspecified atom stereocenters. The van der Waals surface area contributed by atoms with E-state index >= 15 is 0 Å². The fourth-order valence-electron chi connectivity index (χ4n) is 6.20. The molecule has 0 aliphatic carbocycles. The Hall–Kier alpha value is -5.93. The SMILES string of the molecule is Cc1cc2ccc1[C@@H](C)COC(=O)Nc1ccc([C@@H](CC(C)C)C(=O)O)c(c1)CN(C)C(=O)[C@@H]2Nc1ccc2c(N)ncc(F)c2c1.O=C(O)C(F)(F)F. The van der Waals surface area contributed by atoms with Crippen LogP contribution in [0.25, 0.3) is 10.8 Å². The number of ether oxygens (including phenoxy) is 1. The number of alkyl halides is 3. The van der Waals surface area contributed by atoms with Crippen molar-refractivity contribution >= 4 is 51.9 Å². The molecule has 6 rings (SSSR count). The highest BCUT2D eigenvalue weighted by Gasteiger charge is 2.38. The average Bonchev–Trinajstić information content (AvgIpc) is 3.09. The number of carboxylic acid groups (broad SMARTS) is 2. The lowest BCUT2D eigenvalue weighted by Gasteiger charge is -2.28. The molecule has 0 spiro atoms. The minimum absolute atomic E-state index is 0.0570. The number of aryl methyl sites for hydroxylation is 1. The fourth-order valence-corrected chi connectivity index (χ4v) is 6.20. The fraction of sp³-hybridized carbons (Fsp3) is 0.342. The van der Waals surface area contributed by atoms with Crippen LogP contribution < -0.4 is 16.4 Å². The summed E-state index contributed by atoms with van der Waals surface area (Å²) in [6.45, 7) is 7.97. The van der Waals surface area contributed by atoms with Gasteiger partial charge < -0.3 is 30.9 Å². The molecule has 1 aromatic heterocycles. The molecule has 2 aliphatic rings. The number of carbonyl (C=O) groups excluding carboxylic acids is 2. The quantitative estimate of drug-likeness (QED) is 0.123. The van der Waals surface area contributed by atoms with Gasteiger partial charge in [-0.25, -0.2) is 19.0 Å². The van der Waals surface area contributed by atoms with Crippen LogP contribution in [0.3, 0.4) is 0 Å². The summed E-state index contributed by atoms with van der Waals surface area (Å²) in [4.78, 5) is 53.9. The Kier molecular flexibility index (Phi) is 12.7. The van der Waals surface area contributed by atoms with E-state index in [1.807, 2.05) is 45.9 Å². The van der Waals surface area contributed by atoms with Crippen molar-refractivity contribution in [2.24, 2.45) is 5.92 Å². The molecule has 0 saturated carbocycles. The maximum absolute atomic E-state index is 14.8. The summed E-state index contributed by atoms with van der Waals surface area (Å²) in [5, 5.41) is 24.1. The number of aliphatic carboxylic acids is 2. The maximum atomic E-state index is 14.8. The number of hydrogen-bond donors (Lipinski definition) is 5. The largest absolute Gasteiger partial charge is 0.490 e. The number of anilines is 3. The summed E-state index contributed by atoms with van der Waals surface area (Å²) < 4.78 is 52.1. The molecule has 288 valence electrons. The number of fused-ring (bicyclic) bond motifs is 10. The second kappa shape index (κ2) is 16.8. The zero-order valence-corrected chi connectivity index (χ0v) is 30.1. The molecule has 3 aromatic carbocycles. The molecule has 0 radical (unpaired) electrons. The summed E-state index contributed by atoms with van der Waals surface area (Å²) in [7, 11) is 1.65. The zero-order chi connectivity index (χ0) is 40.1. The van der Waals surface area contributed by atoms with Crippen LogP contribution in [0.4, 0.5) is 39.5 Å². The van der Waals surface area contributed by atoms with Crippen LogP contribution in [0.5, 0.6) is 0 Å². The Morgan fingerprint density at radius 3 is 2.37 bits per heavy atom. The van der Waals surface area contributed by atoms with Crippen molar-refractivity contribution in [1.82, 2.24) is 9.88 Å². The third kappa shape index (κ3) is 9.93. The molecule has 2 aliphatic heterocycles. The highest BCUT2D eigenvalue weighted by Crippen LogP contribution is 2.33. The van der Waals surface area contributed by atoms with Crippen molar-refractivity contribution in [2.45, 2.75) is 64.7 Å². The topological polar surface area (TPSA) is 184 Å². The first-order chi connectivity index (χ1) is 25.3. The highest BCUT2D eigenvalue weighted by atomic mass is 19.4. The van der Waals surface area contributed by atoms with Crippen molar-refractivity contribution in [3.63, 3.8) is 0 Å². The van der Waals surface area contributed by atoms with E-state index < -0.39 is 42.0 Å². The van der Waals surface area contributed by atoms with Crippen LogP contribution >= 0.6 is 0 Å². The number of rotatable bonds is 6. The van der Waals surface area contributed by atoms with Gasteiger partial charge in [0.2, 0.25) is 5.91 Å². The number of nitrogens with zero attached hydrogens (tertiary/aromatic N) is 2. The first kappa shape index (κ1) is 40.8. The predicted molar refractivity (Wildman–Crippen MR) is 193 cm³/mol. The minimum atomic E-state index is -5.08. The van der Waals surface area contributed by atoms with Gasteiger partial charge in [0.15, 0.2) is 0 Å². The number of likely N-dealkylation sites (N-methyl/N-ethyl adjacent to an activating group) is 1.